The molecule has 0 aliphatic heterocycles. The predicted octanol–water partition coefficient (Wildman–Crippen LogP) is 7.99. The smallest absolute Gasteiger partial charge is 0.333 e. The number of hydrogen-bond acceptors (Lipinski definition) is 7. The van der Waals surface area contributed by atoms with Gasteiger partial charge >= 0.3 is 17.9 Å². The van der Waals surface area contributed by atoms with Gasteiger partial charge in [0.2, 0.25) is 0 Å². The summed E-state index contributed by atoms with van der Waals surface area (Å²) in [5.41, 5.74) is 0.712. The summed E-state index contributed by atoms with van der Waals surface area (Å²) in [5.74, 6) is 1.37. The zero-order valence-corrected chi connectivity index (χ0v) is 28.3. The molecule has 2 saturated carbocycles. The van der Waals surface area contributed by atoms with Crippen LogP contribution in [0, 0.1) is 41.4 Å². The van der Waals surface area contributed by atoms with Crippen molar-refractivity contribution in [1.29, 1.82) is 0 Å². The summed E-state index contributed by atoms with van der Waals surface area (Å²) in [6.07, 6.45) is 18.2. The van der Waals surface area contributed by atoms with Crippen molar-refractivity contribution in [3.63, 3.8) is 0 Å². The van der Waals surface area contributed by atoms with Crippen LogP contribution in [0.5, 0.6) is 0 Å². The number of rotatable bonds is 20. The Morgan fingerprint density at radius 1 is 0.773 bits per heavy atom. The van der Waals surface area contributed by atoms with E-state index >= 15 is 0 Å². The number of aliphatic hydroxyl groups is 1. The van der Waals surface area contributed by atoms with Gasteiger partial charge in [-0.05, 0) is 101 Å². The molecule has 3 atom stereocenters. The first-order valence-corrected chi connectivity index (χ1v) is 17.5. The minimum absolute atomic E-state index is 0.0832. The third-order valence-electron chi connectivity index (χ3n) is 10.0. The topological polar surface area (TPSA) is 99.1 Å². The molecule has 252 valence electrons. The molecule has 0 radical (unpaired) electrons. The Morgan fingerprint density at radius 2 is 1.32 bits per heavy atom. The van der Waals surface area contributed by atoms with Crippen molar-refractivity contribution >= 4 is 17.9 Å². The highest BCUT2D eigenvalue weighted by Crippen LogP contribution is 2.43. The second-order valence-corrected chi connectivity index (χ2v) is 14.1. The highest BCUT2D eigenvalue weighted by Gasteiger charge is 2.32. The summed E-state index contributed by atoms with van der Waals surface area (Å²) in [6.45, 7) is 14.9. The summed E-state index contributed by atoms with van der Waals surface area (Å²) in [4.78, 5) is 36.6. The van der Waals surface area contributed by atoms with Crippen LogP contribution in [0.3, 0.4) is 0 Å². The van der Waals surface area contributed by atoms with Crippen molar-refractivity contribution < 1.29 is 33.7 Å². The third kappa shape index (κ3) is 14.3. The fraction of sp³-hybridized carbons (Fsp3) is 0.811. The van der Waals surface area contributed by atoms with Gasteiger partial charge in [0.25, 0.3) is 0 Å². The average molecular weight is 619 g/mol. The predicted molar refractivity (Wildman–Crippen MR) is 175 cm³/mol. The molecular weight excluding hydrogens is 556 g/mol. The van der Waals surface area contributed by atoms with E-state index in [4.69, 9.17) is 14.2 Å². The number of hydrogen-bond donors (Lipinski definition) is 1. The molecule has 0 aromatic rings. The average Bonchev–Trinajstić information content (AvgIpc) is 3.02. The van der Waals surface area contributed by atoms with Crippen molar-refractivity contribution in [2.75, 3.05) is 26.4 Å². The number of esters is 3. The molecule has 2 aliphatic carbocycles. The van der Waals surface area contributed by atoms with Crippen molar-refractivity contribution in [2.24, 2.45) is 41.4 Å². The number of carbonyl (C=O) groups excluding carboxylic acids is 3. The summed E-state index contributed by atoms with van der Waals surface area (Å²) >= 11 is 0. The highest BCUT2D eigenvalue weighted by atomic mass is 16.5. The Bertz CT molecular complexity index is 896. The molecule has 0 aromatic carbocycles. The first-order chi connectivity index (χ1) is 21.0. The van der Waals surface area contributed by atoms with Crippen LogP contribution in [0.4, 0.5) is 0 Å². The zero-order chi connectivity index (χ0) is 32.5. The van der Waals surface area contributed by atoms with Gasteiger partial charge in [0.05, 0.1) is 32.3 Å². The highest BCUT2D eigenvalue weighted by molar-refractivity contribution is 5.87. The van der Waals surface area contributed by atoms with Gasteiger partial charge in [-0.2, -0.15) is 0 Å². The van der Waals surface area contributed by atoms with Gasteiger partial charge in [0.15, 0.2) is 0 Å². The summed E-state index contributed by atoms with van der Waals surface area (Å²) < 4.78 is 16.6. The second kappa shape index (κ2) is 20.8. The molecule has 7 heteroatoms. The van der Waals surface area contributed by atoms with E-state index in [1.54, 1.807) is 20.8 Å². The van der Waals surface area contributed by atoms with Crippen LogP contribution in [0.25, 0.3) is 0 Å². The van der Waals surface area contributed by atoms with E-state index in [0.717, 1.165) is 24.2 Å². The van der Waals surface area contributed by atoms with Crippen LogP contribution < -0.4 is 0 Å². The number of aliphatic hydroxyl groups excluding tert-OH is 1. The molecule has 3 unspecified atom stereocenters. The maximum atomic E-state index is 12.3. The SMILES string of the molecule is C=C(C)C(=O)OCCC(COC(=O)C(C)CO)CC(COC(=O)C(=C)C)CC1CCC(C2CCC(CCCCC)CC2)CC1. The summed E-state index contributed by atoms with van der Waals surface area (Å²) in [5, 5.41) is 9.35. The van der Waals surface area contributed by atoms with Gasteiger partial charge in [-0.1, -0.05) is 71.4 Å². The molecule has 0 aromatic heterocycles. The quantitative estimate of drug-likeness (QED) is 0.0639. The maximum absolute atomic E-state index is 12.3. The summed E-state index contributed by atoms with van der Waals surface area (Å²) in [6, 6.07) is 0. The minimum atomic E-state index is -0.601. The molecule has 0 spiro atoms. The van der Waals surface area contributed by atoms with Crippen LogP contribution in [0.1, 0.15) is 124 Å². The molecule has 1 N–H and O–H groups in total. The summed E-state index contributed by atoms with van der Waals surface area (Å²) in [7, 11) is 0. The van der Waals surface area contributed by atoms with E-state index in [-0.39, 0.29) is 44.2 Å². The van der Waals surface area contributed by atoms with E-state index in [9.17, 15) is 19.5 Å². The maximum Gasteiger partial charge on any atom is 0.333 e. The lowest BCUT2D eigenvalue weighted by Crippen LogP contribution is -2.29. The third-order valence-corrected chi connectivity index (χ3v) is 10.0. The largest absolute Gasteiger partial charge is 0.465 e. The van der Waals surface area contributed by atoms with E-state index < -0.39 is 17.9 Å². The Morgan fingerprint density at radius 3 is 1.86 bits per heavy atom. The lowest BCUT2D eigenvalue weighted by Gasteiger charge is -2.38. The van der Waals surface area contributed by atoms with Gasteiger partial charge in [-0.25, -0.2) is 9.59 Å². The molecular formula is C37H62O7. The monoisotopic (exact) mass is 618 g/mol. The number of ether oxygens (including phenoxy) is 3. The van der Waals surface area contributed by atoms with Crippen LogP contribution in [0.15, 0.2) is 24.3 Å². The second-order valence-electron chi connectivity index (χ2n) is 14.1. The number of unbranched alkanes of at least 4 members (excludes halogenated alkanes) is 2. The fourth-order valence-electron chi connectivity index (χ4n) is 7.15. The van der Waals surface area contributed by atoms with Crippen LogP contribution in [-0.2, 0) is 28.6 Å². The molecule has 0 saturated heterocycles. The molecule has 2 aliphatic rings. The van der Waals surface area contributed by atoms with Crippen LogP contribution in [-0.4, -0.2) is 49.4 Å². The van der Waals surface area contributed by atoms with E-state index in [1.165, 1.54) is 77.0 Å². The fourth-order valence-corrected chi connectivity index (χ4v) is 7.15. The van der Waals surface area contributed by atoms with E-state index in [1.807, 2.05) is 0 Å². The Labute approximate surface area is 267 Å². The lowest BCUT2D eigenvalue weighted by atomic mass is 9.67. The van der Waals surface area contributed by atoms with E-state index in [0.29, 0.717) is 29.9 Å². The van der Waals surface area contributed by atoms with E-state index in [2.05, 4.69) is 20.1 Å². The van der Waals surface area contributed by atoms with Crippen LogP contribution in [0.2, 0.25) is 0 Å². The molecule has 0 heterocycles. The van der Waals surface area contributed by atoms with Crippen LogP contribution >= 0.6 is 0 Å². The molecule has 2 rings (SSSR count). The first-order valence-electron chi connectivity index (χ1n) is 17.5. The Kier molecular flexibility index (Phi) is 18.0. The molecule has 0 amide bonds. The van der Waals surface area contributed by atoms with Crippen molar-refractivity contribution in [1.82, 2.24) is 0 Å². The standard InChI is InChI=1S/C37H62O7/c1-7-8-9-10-29-11-15-33(16-12-29)34-17-13-30(14-18-34)21-32(25-43-36(40)27(4)5)22-31(19-20-42-35(39)26(2)3)24-44-37(41)28(6)23-38/h28-34,38H,2,4,7-25H2,1,3,5-6H3. The minimum Gasteiger partial charge on any atom is -0.465 e. The molecule has 2 fully saturated rings. The van der Waals surface area contributed by atoms with Gasteiger partial charge in [0.1, 0.15) is 0 Å². The van der Waals surface area contributed by atoms with Gasteiger partial charge in [-0.3, -0.25) is 4.79 Å². The van der Waals surface area contributed by atoms with Crippen molar-refractivity contribution in [2.45, 2.75) is 124 Å². The Balaban J connectivity index is 1.97. The molecule has 0 bridgehead atoms. The lowest BCUT2D eigenvalue weighted by molar-refractivity contribution is -0.151. The van der Waals surface area contributed by atoms with Crippen molar-refractivity contribution in [3.8, 4) is 0 Å². The Hall–Kier alpha value is -2.15. The first kappa shape index (κ1) is 38.0. The number of carbonyl (C=O) groups is 3. The zero-order valence-electron chi connectivity index (χ0n) is 28.3. The van der Waals surface area contributed by atoms with Gasteiger partial charge in [-0.15, -0.1) is 0 Å². The van der Waals surface area contributed by atoms with Gasteiger partial charge in [0, 0.05) is 11.1 Å². The van der Waals surface area contributed by atoms with Gasteiger partial charge < -0.3 is 19.3 Å². The molecule has 7 nitrogen and oxygen atoms in total. The molecule has 44 heavy (non-hydrogen) atoms. The normalized spacial score (nSPS) is 24.0. The van der Waals surface area contributed by atoms with Crippen molar-refractivity contribution in [3.05, 3.63) is 24.3 Å².